The molecule has 9 heteroatoms. The number of carbonyl (C=O) groups excluding carboxylic acids is 1. The molecule has 1 heterocycles. The van der Waals surface area contributed by atoms with Crippen LogP contribution in [0.4, 0.5) is 0 Å². The average Bonchev–Trinajstić information content (AvgIpc) is 2.65. The van der Waals surface area contributed by atoms with Gasteiger partial charge in [-0.3, -0.25) is 4.79 Å². The van der Waals surface area contributed by atoms with Crippen LogP contribution in [0, 0.1) is 0 Å². The van der Waals surface area contributed by atoms with Gasteiger partial charge in [0, 0.05) is 23.6 Å². The summed E-state index contributed by atoms with van der Waals surface area (Å²) >= 11 is 0. The Bertz CT molecular complexity index is 428. The van der Waals surface area contributed by atoms with E-state index in [4.69, 9.17) is 9.94 Å². The maximum atomic E-state index is 11.4. The van der Waals surface area contributed by atoms with E-state index >= 15 is 0 Å². The van der Waals surface area contributed by atoms with Crippen LogP contribution in [-0.4, -0.2) is 43.5 Å². The molecule has 1 aromatic heterocycles. The summed E-state index contributed by atoms with van der Waals surface area (Å²) in [5.41, 5.74) is 0. The predicted octanol–water partition coefficient (Wildman–Crippen LogP) is 1.10. The van der Waals surface area contributed by atoms with Gasteiger partial charge in [0.2, 0.25) is 11.8 Å². The molecular weight excluding hydrogens is 294 g/mol. The first-order chi connectivity index (χ1) is 9.00. The zero-order valence-corrected chi connectivity index (χ0v) is 11.4. The molecule has 0 saturated carbocycles. The minimum absolute atomic E-state index is 0.0766. The van der Waals surface area contributed by atoms with Crippen molar-refractivity contribution in [1.29, 1.82) is 0 Å². The predicted molar refractivity (Wildman–Crippen MR) is 71.1 cm³/mol. The third-order valence-electron chi connectivity index (χ3n) is 1.86. The molecule has 19 heavy (non-hydrogen) atoms. The fraction of sp³-hybridized carbons (Fsp3) is 0.400. The summed E-state index contributed by atoms with van der Waals surface area (Å²) in [6, 6.07) is 2.39. The number of aromatic hydroxyl groups is 2. The van der Waals surface area contributed by atoms with Gasteiger partial charge >= 0.3 is 11.9 Å². The molecule has 7 nitrogen and oxygen atoms in total. The van der Waals surface area contributed by atoms with Crippen molar-refractivity contribution >= 4 is 33.5 Å². The summed E-state index contributed by atoms with van der Waals surface area (Å²) in [7, 11) is 2.72. The molecule has 3 N–H and O–H groups in total. The second-order valence-corrected chi connectivity index (χ2v) is 6.05. The van der Waals surface area contributed by atoms with Gasteiger partial charge in [0.1, 0.15) is 0 Å². The van der Waals surface area contributed by atoms with E-state index in [-0.39, 0.29) is 24.6 Å². The lowest BCUT2D eigenvalue weighted by Crippen LogP contribution is -2.19. The van der Waals surface area contributed by atoms with Crippen LogP contribution < -0.4 is 4.84 Å². The molecule has 0 bridgehead atoms. The zero-order valence-electron chi connectivity index (χ0n) is 9.81. The Morgan fingerprint density at radius 1 is 1.11 bits per heavy atom. The Kier molecular flexibility index (Phi) is 6.43. The molecule has 0 saturated heterocycles. The summed E-state index contributed by atoms with van der Waals surface area (Å²) < 4.78 is 0.630. The van der Waals surface area contributed by atoms with Gasteiger partial charge in [-0.15, -0.1) is 4.73 Å². The molecule has 0 spiro atoms. The third-order valence-corrected chi connectivity index (χ3v) is 4.27. The number of rotatable bonds is 8. The van der Waals surface area contributed by atoms with Crippen molar-refractivity contribution in [2.24, 2.45) is 0 Å². The van der Waals surface area contributed by atoms with E-state index in [1.165, 1.54) is 33.7 Å². The number of aromatic nitrogens is 1. The lowest BCUT2D eigenvalue weighted by atomic mass is 10.5. The Hall–Kier alpha value is -1.48. The maximum Gasteiger partial charge on any atom is 0.334 e. The average molecular weight is 307 g/mol. The molecule has 0 aliphatic heterocycles. The lowest BCUT2D eigenvalue weighted by molar-refractivity contribution is -0.145. The number of carboxylic acids is 1. The van der Waals surface area contributed by atoms with Gasteiger partial charge in [-0.25, -0.2) is 4.79 Å². The van der Waals surface area contributed by atoms with Crippen LogP contribution in [0.3, 0.4) is 0 Å². The van der Waals surface area contributed by atoms with E-state index < -0.39 is 11.9 Å². The summed E-state index contributed by atoms with van der Waals surface area (Å²) in [6.07, 6.45) is 0.162. The number of carbonyl (C=O) groups is 2. The topological polar surface area (TPSA) is 109 Å². The van der Waals surface area contributed by atoms with Crippen LogP contribution in [0.25, 0.3) is 0 Å². The molecule has 0 aliphatic rings. The first kappa shape index (κ1) is 15.6. The molecule has 0 radical (unpaired) electrons. The lowest BCUT2D eigenvalue weighted by Gasteiger charge is -2.06. The summed E-state index contributed by atoms with van der Waals surface area (Å²) in [4.78, 5) is 26.3. The number of carboxylic acid groups (broad SMARTS) is 1. The van der Waals surface area contributed by atoms with Gasteiger partial charge in [0.15, 0.2) is 0 Å². The Balaban J connectivity index is 2.17. The van der Waals surface area contributed by atoms with Crippen LogP contribution in [0.2, 0.25) is 0 Å². The van der Waals surface area contributed by atoms with E-state index in [1.807, 2.05) is 0 Å². The smallest absolute Gasteiger partial charge is 0.334 e. The largest absolute Gasteiger partial charge is 0.492 e. The van der Waals surface area contributed by atoms with E-state index in [1.54, 1.807) is 0 Å². The first-order valence-corrected chi connectivity index (χ1v) is 7.76. The molecule has 0 fully saturated rings. The van der Waals surface area contributed by atoms with E-state index in [0.717, 1.165) is 0 Å². The number of hydrogen-bond acceptors (Lipinski definition) is 7. The minimum Gasteiger partial charge on any atom is -0.492 e. The number of nitrogens with zero attached hydrogens (tertiary/aromatic N) is 1. The molecule has 0 atom stereocenters. The zero-order chi connectivity index (χ0) is 14.3. The van der Waals surface area contributed by atoms with Crippen molar-refractivity contribution in [1.82, 2.24) is 4.73 Å². The standard InChI is InChI=1S/C10H13NO6S2/c12-7-1-2-8(13)11(7)17-10(16)4-6-19-18-5-3-9(14)15/h1-2,12-13H,3-6H2,(H,14,15). The Morgan fingerprint density at radius 3 is 2.16 bits per heavy atom. The van der Waals surface area contributed by atoms with Crippen molar-refractivity contribution in [2.45, 2.75) is 12.8 Å². The highest BCUT2D eigenvalue weighted by Gasteiger charge is 2.11. The van der Waals surface area contributed by atoms with Gasteiger partial charge < -0.3 is 20.2 Å². The minimum atomic E-state index is -0.855. The summed E-state index contributed by atoms with van der Waals surface area (Å²) in [5.74, 6) is -1.27. The van der Waals surface area contributed by atoms with Crippen molar-refractivity contribution < 1.29 is 29.7 Å². The van der Waals surface area contributed by atoms with E-state index in [9.17, 15) is 19.8 Å². The quantitative estimate of drug-likeness (QED) is 0.484. The monoisotopic (exact) mass is 307 g/mol. The molecule has 1 aromatic rings. The molecule has 0 unspecified atom stereocenters. The van der Waals surface area contributed by atoms with Crippen molar-refractivity contribution in [3.05, 3.63) is 12.1 Å². The van der Waals surface area contributed by atoms with E-state index in [2.05, 4.69) is 0 Å². The highest BCUT2D eigenvalue weighted by Crippen LogP contribution is 2.23. The highest BCUT2D eigenvalue weighted by atomic mass is 33.1. The van der Waals surface area contributed by atoms with Crippen LogP contribution >= 0.6 is 21.6 Å². The maximum absolute atomic E-state index is 11.4. The number of aliphatic carboxylic acids is 1. The fourth-order valence-electron chi connectivity index (χ4n) is 1.01. The van der Waals surface area contributed by atoms with Gasteiger partial charge in [-0.1, -0.05) is 21.6 Å². The van der Waals surface area contributed by atoms with Gasteiger partial charge in [-0.05, 0) is 0 Å². The van der Waals surface area contributed by atoms with Gasteiger partial charge in [0.25, 0.3) is 0 Å². The van der Waals surface area contributed by atoms with Crippen LogP contribution in [0.15, 0.2) is 12.1 Å². The van der Waals surface area contributed by atoms with Crippen LogP contribution in [0.1, 0.15) is 12.8 Å². The summed E-state index contributed by atoms with van der Waals surface area (Å²) in [6.45, 7) is 0. The normalized spacial score (nSPS) is 10.3. The summed E-state index contributed by atoms with van der Waals surface area (Å²) in [5, 5.41) is 26.9. The molecule has 1 rings (SSSR count). The van der Waals surface area contributed by atoms with Gasteiger partial charge in [-0.2, -0.15) is 0 Å². The van der Waals surface area contributed by atoms with Crippen molar-refractivity contribution in [2.75, 3.05) is 11.5 Å². The SMILES string of the molecule is O=C(O)CCSSCCC(=O)On1c(O)ccc1O. The van der Waals surface area contributed by atoms with Gasteiger partial charge in [0.05, 0.1) is 12.8 Å². The van der Waals surface area contributed by atoms with Crippen molar-refractivity contribution in [3.63, 3.8) is 0 Å². The molecular formula is C10H13NO6S2. The Morgan fingerprint density at radius 2 is 1.63 bits per heavy atom. The number of hydrogen-bond donors (Lipinski definition) is 3. The first-order valence-electron chi connectivity index (χ1n) is 5.27. The molecule has 106 valence electrons. The third kappa shape index (κ3) is 5.79. The molecule has 0 aromatic carbocycles. The molecule has 0 amide bonds. The van der Waals surface area contributed by atoms with Crippen molar-refractivity contribution in [3.8, 4) is 11.8 Å². The second kappa shape index (κ2) is 7.85. The highest BCUT2D eigenvalue weighted by molar-refractivity contribution is 8.76. The Labute approximate surface area is 116 Å². The van der Waals surface area contributed by atoms with Crippen LogP contribution in [0.5, 0.6) is 11.8 Å². The fourth-order valence-corrected chi connectivity index (χ4v) is 2.97. The molecule has 0 aliphatic carbocycles. The van der Waals surface area contributed by atoms with Crippen LogP contribution in [-0.2, 0) is 9.59 Å². The van der Waals surface area contributed by atoms with E-state index in [0.29, 0.717) is 16.2 Å². The second-order valence-electron chi connectivity index (χ2n) is 3.35.